The van der Waals surface area contributed by atoms with Gasteiger partial charge in [0.05, 0.1) is 6.04 Å². The first-order chi connectivity index (χ1) is 16.9. The second-order valence-electron chi connectivity index (χ2n) is 9.92. The summed E-state index contributed by atoms with van der Waals surface area (Å²) in [6.45, 7) is 3.44. The summed E-state index contributed by atoms with van der Waals surface area (Å²) in [6, 6.07) is 20.3. The normalized spacial score (nSPS) is 25.1. The highest BCUT2D eigenvalue weighted by Gasteiger charge is 2.55. The van der Waals surface area contributed by atoms with Crippen molar-refractivity contribution >= 4 is 40.1 Å². The number of hydrogen-bond acceptors (Lipinski definition) is 3. The van der Waals surface area contributed by atoms with E-state index in [9.17, 15) is 14.7 Å². The number of nitrogens with zero attached hydrogens (tertiary/aromatic N) is 2. The Hall–Kier alpha value is -3.09. The molecule has 3 aromatic rings. The number of likely N-dealkylation sites (tertiary alicyclic amines) is 1. The molecule has 2 heterocycles. The molecule has 6 nitrogen and oxygen atoms in total. The SMILES string of the molecule is CC(NC(=O)O)C1(Cl)C(=O)N(C2CCN(C3Cc4cccc5cccc3c45)CC2)c2ccccc21. The summed E-state index contributed by atoms with van der Waals surface area (Å²) in [5, 5.41) is 14.4. The maximum absolute atomic E-state index is 13.8. The lowest BCUT2D eigenvalue weighted by Crippen LogP contribution is -2.54. The predicted octanol–water partition coefficient (Wildman–Crippen LogP) is 5.04. The summed E-state index contributed by atoms with van der Waals surface area (Å²) in [5.74, 6) is -0.238. The third-order valence-electron chi connectivity index (χ3n) is 8.12. The molecule has 7 heteroatoms. The first-order valence-electron chi connectivity index (χ1n) is 12.3. The Morgan fingerprint density at radius 2 is 1.80 bits per heavy atom. The minimum absolute atomic E-state index is 0.0251. The van der Waals surface area contributed by atoms with Crippen molar-refractivity contribution < 1.29 is 14.7 Å². The van der Waals surface area contributed by atoms with Crippen LogP contribution < -0.4 is 10.2 Å². The van der Waals surface area contributed by atoms with Crippen molar-refractivity contribution in [3.05, 3.63) is 77.4 Å². The number of nitrogens with one attached hydrogen (secondary N) is 1. The zero-order valence-corrected chi connectivity index (χ0v) is 20.3. The fourth-order valence-corrected chi connectivity index (χ4v) is 6.76. The van der Waals surface area contributed by atoms with Gasteiger partial charge in [-0.1, -0.05) is 54.6 Å². The van der Waals surface area contributed by atoms with Crippen LogP contribution in [-0.2, 0) is 16.1 Å². The second-order valence-corrected chi connectivity index (χ2v) is 10.5. The summed E-state index contributed by atoms with van der Waals surface area (Å²) in [5.41, 5.74) is 4.30. The lowest BCUT2D eigenvalue weighted by atomic mass is 9.92. The lowest BCUT2D eigenvalue weighted by molar-refractivity contribution is -0.121. The third kappa shape index (κ3) is 3.34. The number of anilines is 1. The van der Waals surface area contributed by atoms with Crippen LogP contribution in [0.5, 0.6) is 0 Å². The van der Waals surface area contributed by atoms with E-state index in [2.05, 4.69) is 46.6 Å². The van der Waals surface area contributed by atoms with Crippen LogP contribution in [0.4, 0.5) is 10.5 Å². The summed E-state index contributed by atoms with van der Waals surface area (Å²) >= 11 is 6.96. The average molecular weight is 490 g/mol. The summed E-state index contributed by atoms with van der Waals surface area (Å²) < 4.78 is 0. The van der Waals surface area contributed by atoms with Crippen molar-refractivity contribution in [2.45, 2.75) is 49.2 Å². The molecule has 2 amide bonds. The largest absolute Gasteiger partial charge is 0.465 e. The van der Waals surface area contributed by atoms with Gasteiger partial charge >= 0.3 is 6.09 Å². The minimum Gasteiger partial charge on any atom is -0.465 e. The van der Waals surface area contributed by atoms with E-state index in [0.29, 0.717) is 11.6 Å². The molecule has 0 bridgehead atoms. The molecule has 3 aromatic carbocycles. The molecule has 6 rings (SSSR count). The number of hydrogen-bond donors (Lipinski definition) is 2. The van der Waals surface area contributed by atoms with Gasteiger partial charge in [0.25, 0.3) is 5.91 Å². The maximum Gasteiger partial charge on any atom is 0.404 e. The van der Waals surface area contributed by atoms with E-state index in [-0.39, 0.29) is 11.9 Å². The summed E-state index contributed by atoms with van der Waals surface area (Å²) in [6.07, 6.45) is 1.52. The predicted molar refractivity (Wildman–Crippen MR) is 137 cm³/mol. The first-order valence-corrected chi connectivity index (χ1v) is 12.6. The smallest absolute Gasteiger partial charge is 0.404 e. The molecule has 3 unspecified atom stereocenters. The Bertz CT molecular complexity index is 1330. The molecule has 3 atom stereocenters. The number of piperidine rings is 1. The van der Waals surface area contributed by atoms with E-state index < -0.39 is 17.0 Å². The van der Waals surface area contributed by atoms with Crippen molar-refractivity contribution in [1.29, 1.82) is 0 Å². The standard InChI is InChI=1S/C28H28ClN3O3/c1-17(30-27(34)35)28(29)22-10-2-3-11-23(22)32(26(28)33)20-12-14-31(15-13-20)24-16-19-8-4-6-18-7-5-9-21(24)25(18)19/h2-11,17,20,24,30H,12-16H2,1H3,(H,34,35). The third-order valence-corrected chi connectivity index (χ3v) is 8.82. The Balaban J connectivity index is 1.24. The highest BCUT2D eigenvalue weighted by molar-refractivity contribution is 6.40. The number of fused-ring (bicyclic) bond motifs is 1. The van der Waals surface area contributed by atoms with Crippen LogP contribution in [-0.4, -0.2) is 47.2 Å². The molecule has 0 aromatic heterocycles. The maximum atomic E-state index is 13.8. The lowest BCUT2D eigenvalue weighted by Gasteiger charge is -2.40. The molecular formula is C28H28ClN3O3. The monoisotopic (exact) mass is 489 g/mol. The summed E-state index contributed by atoms with van der Waals surface area (Å²) in [7, 11) is 0. The Morgan fingerprint density at radius 1 is 1.09 bits per heavy atom. The highest BCUT2D eigenvalue weighted by atomic mass is 35.5. The van der Waals surface area contributed by atoms with Crippen LogP contribution in [0, 0.1) is 0 Å². The number of benzene rings is 3. The van der Waals surface area contributed by atoms with Crippen LogP contribution >= 0.6 is 11.6 Å². The molecule has 0 saturated carbocycles. The fraction of sp³-hybridized carbons (Fsp3) is 0.357. The summed E-state index contributed by atoms with van der Waals surface area (Å²) in [4.78, 5) is 28.0. The molecule has 180 valence electrons. The number of carbonyl (C=O) groups excluding carboxylic acids is 1. The van der Waals surface area contributed by atoms with Gasteiger partial charge in [-0.15, -0.1) is 11.6 Å². The van der Waals surface area contributed by atoms with Gasteiger partial charge in [-0.3, -0.25) is 9.69 Å². The number of alkyl halides is 1. The number of para-hydroxylation sites is 1. The first kappa shape index (κ1) is 22.4. The van der Waals surface area contributed by atoms with Gasteiger partial charge in [-0.25, -0.2) is 4.79 Å². The van der Waals surface area contributed by atoms with E-state index in [1.54, 1.807) is 6.92 Å². The van der Waals surface area contributed by atoms with Crippen molar-refractivity contribution in [2.24, 2.45) is 0 Å². The Labute approximate surface area is 209 Å². The Morgan fingerprint density at radius 3 is 2.54 bits per heavy atom. The van der Waals surface area contributed by atoms with E-state index in [1.807, 2.05) is 29.2 Å². The van der Waals surface area contributed by atoms with E-state index in [0.717, 1.165) is 38.0 Å². The molecule has 2 N–H and O–H groups in total. The van der Waals surface area contributed by atoms with Crippen molar-refractivity contribution in [2.75, 3.05) is 18.0 Å². The van der Waals surface area contributed by atoms with E-state index in [1.165, 1.54) is 21.9 Å². The molecule has 1 fully saturated rings. The van der Waals surface area contributed by atoms with E-state index >= 15 is 0 Å². The van der Waals surface area contributed by atoms with Gasteiger partial charge in [0.15, 0.2) is 4.87 Å². The number of carbonyl (C=O) groups is 2. The molecule has 0 spiro atoms. The van der Waals surface area contributed by atoms with Gasteiger partial charge in [0.1, 0.15) is 0 Å². The van der Waals surface area contributed by atoms with Gasteiger partial charge in [-0.2, -0.15) is 0 Å². The van der Waals surface area contributed by atoms with E-state index in [4.69, 9.17) is 11.6 Å². The van der Waals surface area contributed by atoms with Crippen molar-refractivity contribution in [3.8, 4) is 0 Å². The number of carboxylic acid groups (broad SMARTS) is 1. The zero-order valence-electron chi connectivity index (χ0n) is 19.6. The molecular weight excluding hydrogens is 462 g/mol. The van der Waals surface area contributed by atoms with Gasteiger partial charge in [0.2, 0.25) is 0 Å². The number of halogens is 1. The van der Waals surface area contributed by atoms with Crippen LogP contribution in [0.1, 0.15) is 42.5 Å². The average Bonchev–Trinajstić information content (AvgIpc) is 3.35. The van der Waals surface area contributed by atoms with Crippen LogP contribution in [0.25, 0.3) is 10.8 Å². The molecule has 0 radical (unpaired) electrons. The molecule has 2 aliphatic heterocycles. The molecule has 3 aliphatic rings. The van der Waals surface area contributed by atoms with Gasteiger partial charge in [0, 0.05) is 36.4 Å². The quantitative estimate of drug-likeness (QED) is 0.504. The van der Waals surface area contributed by atoms with Gasteiger partial charge < -0.3 is 15.3 Å². The van der Waals surface area contributed by atoms with Crippen molar-refractivity contribution in [3.63, 3.8) is 0 Å². The number of amides is 2. The molecule has 35 heavy (non-hydrogen) atoms. The molecule has 1 saturated heterocycles. The Kier molecular flexibility index (Phi) is 5.27. The highest BCUT2D eigenvalue weighted by Crippen LogP contribution is 2.49. The fourth-order valence-electron chi connectivity index (χ4n) is 6.45. The van der Waals surface area contributed by atoms with Gasteiger partial charge in [-0.05, 0) is 54.2 Å². The molecule has 1 aliphatic carbocycles. The minimum atomic E-state index is -1.45. The van der Waals surface area contributed by atoms with Crippen LogP contribution in [0.2, 0.25) is 0 Å². The topological polar surface area (TPSA) is 72.9 Å². The zero-order chi connectivity index (χ0) is 24.3. The van der Waals surface area contributed by atoms with Crippen molar-refractivity contribution in [1.82, 2.24) is 10.2 Å². The second kappa shape index (κ2) is 8.25. The van der Waals surface area contributed by atoms with Crippen LogP contribution in [0.15, 0.2) is 60.7 Å². The number of rotatable bonds is 4. The van der Waals surface area contributed by atoms with Crippen LogP contribution in [0.3, 0.4) is 0 Å².